The highest BCUT2D eigenvalue weighted by atomic mass is 19.4. The molecule has 3 heterocycles. The van der Waals surface area contributed by atoms with Gasteiger partial charge in [0.25, 0.3) is 0 Å². The number of piperazine rings is 1. The Labute approximate surface area is 162 Å². The van der Waals surface area contributed by atoms with Crippen molar-refractivity contribution < 1.29 is 17.9 Å². The van der Waals surface area contributed by atoms with Crippen molar-refractivity contribution in [2.24, 2.45) is 0 Å². The Balaban J connectivity index is 1.83. The third-order valence-corrected chi connectivity index (χ3v) is 4.71. The molecule has 2 aromatic rings. The second-order valence-corrected chi connectivity index (χ2v) is 6.68. The average Bonchev–Trinajstić information content (AvgIpc) is 2.69. The van der Waals surface area contributed by atoms with Crippen LogP contribution >= 0.6 is 0 Å². The van der Waals surface area contributed by atoms with Crippen molar-refractivity contribution in [3.63, 3.8) is 0 Å². The maximum absolute atomic E-state index is 13.4. The average molecular weight is 395 g/mol. The quantitative estimate of drug-likeness (QED) is 0.701. The van der Waals surface area contributed by atoms with Gasteiger partial charge in [0.2, 0.25) is 0 Å². The molecule has 152 valence electrons. The summed E-state index contributed by atoms with van der Waals surface area (Å²) in [7, 11) is 0. The molecule has 0 spiro atoms. The smallest absolute Gasteiger partial charge is 0.380 e. The lowest BCUT2D eigenvalue weighted by atomic mass is 10.2. The summed E-state index contributed by atoms with van der Waals surface area (Å²) in [6.07, 6.45) is -3.04. The van der Waals surface area contributed by atoms with Gasteiger partial charge in [-0.05, 0) is 26.0 Å². The molecule has 1 saturated heterocycles. The van der Waals surface area contributed by atoms with Crippen molar-refractivity contribution >= 4 is 5.82 Å². The van der Waals surface area contributed by atoms with Crippen LogP contribution in [0.5, 0.6) is 0 Å². The largest absolute Gasteiger partial charge is 0.433 e. The Hall–Kier alpha value is -2.26. The zero-order valence-corrected chi connectivity index (χ0v) is 16.0. The van der Waals surface area contributed by atoms with E-state index in [0.29, 0.717) is 32.0 Å². The predicted octanol–water partition coefficient (Wildman–Crippen LogP) is 3.10. The molecule has 0 amide bonds. The van der Waals surface area contributed by atoms with Crippen LogP contribution in [0.25, 0.3) is 11.5 Å². The fourth-order valence-electron chi connectivity index (χ4n) is 3.21. The van der Waals surface area contributed by atoms with Gasteiger partial charge in [-0.1, -0.05) is 6.07 Å². The first-order valence-corrected chi connectivity index (χ1v) is 9.33. The molecule has 6 nitrogen and oxygen atoms in total. The summed E-state index contributed by atoms with van der Waals surface area (Å²) in [5, 5.41) is 0. The summed E-state index contributed by atoms with van der Waals surface area (Å²) in [6, 6.07) is 6.20. The van der Waals surface area contributed by atoms with Crippen molar-refractivity contribution in [3.05, 3.63) is 36.2 Å². The Bertz CT molecular complexity index is 772. The van der Waals surface area contributed by atoms with E-state index in [0.717, 1.165) is 19.2 Å². The van der Waals surface area contributed by atoms with Crippen LogP contribution in [0, 0.1) is 0 Å². The molecule has 0 radical (unpaired) electrons. The third-order valence-electron chi connectivity index (χ3n) is 4.71. The Morgan fingerprint density at radius 2 is 2.04 bits per heavy atom. The van der Waals surface area contributed by atoms with Crippen LogP contribution in [0.4, 0.5) is 19.0 Å². The van der Waals surface area contributed by atoms with Crippen LogP contribution in [-0.2, 0) is 10.9 Å². The monoisotopic (exact) mass is 395 g/mol. The van der Waals surface area contributed by atoms with Gasteiger partial charge in [0.05, 0.1) is 6.61 Å². The van der Waals surface area contributed by atoms with Crippen molar-refractivity contribution in [2.45, 2.75) is 26.1 Å². The zero-order chi connectivity index (χ0) is 20.1. The molecular formula is C19H24F3N5O. The predicted molar refractivity (Wildman–Crippen MR) is 100 cm³/mol. The number of halogens is 3. The number of rotatable bonds is 6. The van der Waals surface area contributed by atoms with Gasteiger partial charge in [0.15, 0.2) is 11.5 Å². The lowest BCUT2D eigenvalue weighted by Crippen LogP contribution is -2.53. The zero-order valence-electron chi connectivity index (χ0n) is 16.0. The number of pyridine rings is 1. The molecule has 2 aromatic heterocycles. The molecule has 1 atom stereocenters. The number of ether oxygens (including phenoxy) is 1. The highest BCUT2D eigenvalue weighted by Gasteiger charge is 2.35. The van der Waals surface area contributed by atoms with Crippen LogP contribution in [-0.4, -0.2) is 65.3 Å². The molecule has 0 saturated carbocycles. The molecule has 1 unspecified atom stereocenters. The second-order valence-electron chi connectivity index (χ2n) is 6.68. The summed E-state index contributed by atoms with van der Waals surface area (Å²) in [5.74, 6) is 0.260. The molecule has 9 heteroatoms. The molecule has 0 bridgehead atoms. The summed E-state index contributed by atoms with van der Waals surface area (Å²) in [6.45, 7) is 8.05. The van der Waals surface area contributed by atoms with Crippen LogP contribution in [0.2, 0.25) is 0 Å². The van der Waals surface area contributed by atoms with Gasteiger partial charge in [-0.3, -0.25) is 9.88 Å². The molecular weight excluding hydrogens is 371 g/mol. The van der Waals surface area contributed by atoms with Crippen LogP contribution in [0.1, 0.15) is 19.5 Å². The van der Waals surface area contributed by atoms with E-state index in [2.05, 4.69) is 26.8 Å². The van der Waals surface area contributed by atoms with E-state index >= 15 is 0 Å². The number of hydrogen-bond acceptors (Lipinski definition) is 6. The van der Waals surface area contributed by atoms with Gasteiger partial charge in [-0.2, -0.15) is 13.2 Å². The van der Waals surface area contributed by atoms with Crippen molar-refractivity contribution in [1.82, 2.24) is 19.9 Å². The van der Waals surface area contributed by atoms with E-state index < -0.39 is 11.9 Å². The summed E-state index contributed by atoms with van der Waals surface area (Å²) in [4.78, 5) is 16.3. The molecule has 0 aromatic carbocycles. The highest BCUT2D eigenvalue weighted by Crippen LogP contribution is 2.31. The molecule has 0 aliphatic carbocycles. The van der Waals surface area contributed by atoms with Gasteiger partial charge in [0.1, 0.15) is 11.5 Å². The van der Waals surface area contributed by atoms with Crippen molar-refractivity contribution in [2.75, 3.05) is 44.3 Å². The first kappa shape index (κ1) is 20.5. The van der Waals surface area contributed by atoms with Gasteiger partial charge < -0.3 is 9.64 Å². The minimum absolute atomic E-state index is 0.0168. The highest BCUT2D eigenvalue weighted by molar-refractivity contribution is 5.54. The minimum Gasteiger partial charge on any atom is -0.380 e. The normalized spacial score (nSPS) is 18.5. The number of aromatic nitrogens is 3. The van der Waals surface area contributed by atoms with Gasteiger partial charge in [-0.15, -0.1) is 0 Å². The van der Waals surface area contributed by atoms with E-state index in [-0.39, 0.29) is 17.7 Å². The Morgan fingerprint density at radius 3 is 2.68 bits per heavy atom. The summed E-state index contributed by atoms with van der Waals surface area (Å²) < 4.78 is 45.6. The van der Waals surface area contributed by atoms with E-state index in [9.17, 15) is 13.2 Å². The minimum atomic E-state index is -4.55. The SMILES string of the molecule is CCOCCN1CCN(c2cc(C(F)(F)F)nc(-c3ccccn3)n2)CC1C. The summed E-state index contributed by atoms with van der Waals surface area (Å²) in [5.41, 5.74) is -0.636. The first-order valence-electron chi connectivity index (χ1n) is 9.33. The van der Waals surface area contributed by atoms with E-state index in [1.165, 1.54) is 6.20 Å². The number of anilines is 1. The summed E-state index contributed by atoms with van der Waals surface area (Å²) >= 11 is 0. The van der Waals surface area contributed by atoms with E-state index in [1.54, 1.807) is 18.2 Å². The molecule has 28 heavy (non-hydrogen) atoms. The molecule has 3 rings (SSSR count). The molecule has 0 N–H and O–H groups in total. The third kappa shape index (κ3) is 4.96. The Morgan fingerprint density at radius 1 is 1.21 bits per heavy atom. The maximum atomic E-state index is 13.4. The first-order chi connectivity index (χ1) is 13.4. The van der Waals surface area contributed by atoms with Crippen LogP contribution in [0.3, 0.4) is 0 Å². The van der Waals surface area contributed by atoms with Crippen LogP contribution < -0.4 is 4.90 Å². The molecule has 1 aliphatic rings. The van der Waals surface area contributed by atoms with E-state index in [4.69, 9.17) is 4.74 Å². The molecule has 1 aliphatic heterocycles. The topological polar surface area (TPSA) is 54.4 Å². The lowest BCUT2D eigenvalue weighted by molar-refractivity contribution is -0.141. The van der Waals surface area contributed by atoms with Gasteiger partial charge >= 0.3 is 6.18 Å². The van der Waals surface area contributed by atoms with Crippen molar-refractivity contribution in [3.8, 4) is 11.5 Å². The fraction of sp³-hybridized carbons (Fsp3) is 0.526. The maximum Gasteiger partial charge on any atom is 0.433 e. The number of nitrogens with zero attached hydrogens (tertiary/aromatic N) is 5. The Kier molecular flexibility index (Phi) is 6.46. The lowest BCUT2D eigenvalue weighted by Gasteiger charge is -2.40. The van der Waals surface area contributed by atoms with Gasteiger partial charge in [0, 0.05) is 51.1 Å². The fourth-order valence-corrected chi connectivity index (χ4v) is 3.21. The number of hydrogen-bond donors (Lipinski definition) is 0. The molecule has 1 fully saturated rings. The second kappa shape index (κ2) is 8.83. The standard InChI is InChI=1S/C19H24F3N5O/c1-3-28-11-10-26-8-9-27(13-14(26)2)17-12-16(19(20,21)22)24-18(25-17)15-6-4-5-7-23-15/h4-7,12,14H,3,8-11,13H2,1-2H3. The van der Waals surface area contributed by atoms with Crippen LogP contribution in [0.15, 0.2) is 30.5 Å². The number of alkyl halides is 3. The van der Waals surface area contributed by atoms with Gasteiger partial charge in [-0.25, -0.2) is 9.97 Å². The van der Waals surface area contributed by atoms with Crippen molar-refractivity contribution in [1.29, 1.82) is 0 Å². The van der Waals surface area contributed by atoms with E-state index in [1.807, 2.05) is 11.8 Å².